The first-order valence-electron chi connectivity index (χ1n) is 10.1. The normalized spacial score (nSPS) is 13.4. The van der Waals surface area contributed by atoms with Crippen molar-refractivity contribution in [1.29, 1.82) is 0 Å². The van der Waals surface area contributed by atoms with Gasteiger partial charge in [0.2, 0.25) is 0 Å². The van der Waals surface area contributed by atoms with E-state index >= 15 is 0 Å². The number of allylic oxidation sites excluding steroid dienone is 1. The molecule has 1 aliphatic heterocycles. The third-order valence-electron chi connectivity index (χ3n) is 5.17. The molecule has 2 amide bonds. The predicted octanol–water partition coefficient (Wildman–Crippen LogP) is 4.80. The van der Waals surface area contributed by atoms with Crippen LogP contribution in [0.3, 0.4) is 0 Å². The highest BCUT2D eigenvalue weighted by Gasteiger charge is 2.24. The summed E-state index contributed by atoms with van der Waals surface area (Å²) >= 11 is 0. The minimum Gasteiger partial charge on any atom is -0.289 e. The summed E-state index contributed by atoms with van der Waals surface area (Å²) in [4.78, 5) is 36.8. The largest absolute Gasteiger partial charge is 0.289 e. The number of anilines is 1. The van der Waals surface area contributed by atoms with Gasteiger partial charge < -0.3 is 0 Å². The first-order valence-corrected chi connectivity index (χ1v) is 10.1. The Morgan fingerprint density at radius 3 is 1.84 bits per heavy atom. The van der Waals surface area contributed by atoms with Gasteiger partial charge in [0.15, 0.2) is 5.78 Å². The van der Waals surface area contributed by atoms with Gasteiger partial charge in [-0.25, -0.2) is 4.90 Å². The smallest absolute Gasteiger partial charge is 0.258 e. The minimum absolute atomic E-state index is 0.0127. The molecule has 4 rings (SSSR count). The number of hydrogen-bond donors (Lipinski definition) is 0. The second-order valence-electron chi connectivity index (χ2n) is 7.32. The van der Waals surface area contributed by atoms with Crippen molar-refractivity contribution in [2.75, 3.05) is 4.90 Å². The highest BCUT2D eigenvalue weighted by Crippen LogP contribution is 2.20. The molecule has 0 spiro atoms. The monoisotopic (exact) mass is 407 g/mol. The van der Waals surface area contributed by atoms with Gasteiger partial charge in [-0.05, 0) is 47.7 Å². The predicted molar refractivity (Wildman–Crippen MR) is 122 cm³/mol. The molecule has 0 bridgehead atoms. The molecule has 3 aromatic rings. The molecule has 0 fully saturated rings. The van der Waals surface area contributed by atoms with Gasteiger partial charge in [-0.3, -0.25) is 14.4 Å². The summed E-state index contributed by atoms with van der Waals surface area (Å²) < 4.78 is 0. The zero-order valence-electron chi connectivity index (χ0n) is 16.9. The van der Waals surface area contributed by atoms with E-state index in [4.69, 9.17) is 0 Å². The molecule has 0 atom stereocenters. The molecule has 0 N–H and O–H groups in total. The minimum atomic E-state index is -0.308. The topological polar surface area (TPSA) is 54.5 Å². The van der Waals surface area contributed by atoms with Crippen LogP contribution in [0, 0.1) is 0 Å². The van der Waals surface area contributed by atoms with Crippen LogP contribution in [0.1, 0.15) is 27.0 Å². The number of nitrogens with zero attached hydrogens (tertiary/aromatic N) is 1. The van der Waals surface area contributed by atoms with E-state index in [0.717, 1.165) is 24.0 Å². The van der Waals surface area contributed by atoms with E-state index in [9.17, 15) is 14.4 Å². The fourth-order valence-electron chi connectivity index (χ4n) is 3.42. The molecule has 0 aromatic heterocycles. The number of hydrogen-bond acceptors (Lipinski definition) is 3. The van der Waals surface area contributed by atoms with Crippen LogP contribution in [-0.2, 0) is 22.4 Å². The van der Waals surface area contributed by atoms with E-state index in [0.29, 0.717) is 11.3 Å². The Kier molecular flexibility index (Phi) is 5.99. The van der Waals surface area contributed by atoms with Gasteiger partial charge in [0, 0.05) is 17.7 Å². The lowest BCUT2D eigenvalue weighted by Gasteiger charge is -2.14. The van der Waals surface area contributed by atoms with Gasteiger partial charge in [-0.1, -0.05) is 72.8 Å². The van der Waals surface area contributed by atoms with Crippen LogP contribution in [-0.4, -0.2) is 17.6 Å². The number of amides is 2. The Labute approximate surface area is 181 Å². The SMILES string of the molecule is O=C(/C=C/c1ccc(CCc2ccc(N3C(=O)C=CC3=O)cc2)cc1)c1ccccc1. The van der Waals surface area contributed by atoms with Crippen molar-refractivity contribution in [2.45, 2.75) is 12.8 Å². The number of aryl methyl sites for hydroxylation is 2. The van der Waals surface area contributed by atoms with Crippen LogP contribution in [0.2, 0.25) is 0 Å². The third kappa shape index (κ3) is 4.93. The zero-order valence-corrected chi connectivity index (χ0v) is 16.9. The molecule has 0 aliphatic carbocycles. The molecule has 4 heteroatoms. The quantitative estimate of drug-likeness (QED) is 0.321. The second kappa shape index (κ2) is 9.18. The maximum Gasteiger partial charge on any atom is 0.258 e. The first kappa shape index (κ1) is 20.2. The molecule has 31 heavy (non-hydrogen) atoms. The van der Waals surface area contributed by atoms with Crippen molar-refractivity contribution < 1.29 is 14.4 Å². The maximum atomic E-state index is 12.2. The van der Waals surface area contributed by atoms with E-state index < -0.39 is 0 Å². The van der Waals surface area contributed by atoms with E-state index in [-0.39, 0.29) is 17.6 Å². The van der Waals surface area contributed by atoms with Gasteiger partial charge in [0.25, 0.3) is 11.8 Å². The number of carbonyl (C=O) groups excluding carboxylic acids is 3. The summed E-state index contributed by atoms with van der Waals surface area (Å²) in [5.74, 6) is -0.629. The highest BCUT2D eigenvalue weighted by atomic mass is 16.2. The van der Waals surface area contributed by atoms with Crippen LogP contribution in [0.4, 0.5) is 5.69 Å². The third-order valence-corrected chi connectivity index (χ3v) is 5.17. The average molecular weight is 407 g/mol. The molecule has 1 heterocycles. The molecular weight excluding hydrogens is 386 g/mol. The fraction of sp³-hybridized carbons (Fsp3) is 0.0741. The summed E-state index contributed by atoms with van der Waals surface area (Å²) in [7, 11) is 0. The number of imide groups is 1. The first-order chi connectivity index (χ1) is 15.1. The summed E-state index contributed by atoms with van der Waals surface area (Å²) in [6.45, 7) is 0. The van der Waals surface area contributed by atoms with E-state index in [1.165, 1.54) is 22.6 Å². The van der Waals surface area contributed by atoms with Crippen molar-refractivity contribution >= 4 is 29.4 Å². The van der Waals surface area contributed by atoms with Crippen LogP contribution in [0.15, 0.2) is 97.1 Å². The summed E-state index contributed by atoms with van der Waals surface area (Å²) in [6, 6.07) is 24.8. The lowest BCUT2D eigenvalue weighted by Crippen LogP contribution is -2.29. The molecule has 0 saturated carbocycles. The van der Waals surface area contributed by atoms with E-state index in [1.54, 1.807) is 30.3 Å². The van der Waals surface area contributed by atoms with E-state index in [2.05, 4.69) is 12.1 Å². The van der Waals surface area contributed by atoms with Gasteiger partial charge in [-0.15, -0.1) is 0 Å². The van der Waals surface area contributed by atoms with Gasteiger partial charge in [-0.2, -0.15) is 0 Å². The lowest BCUT2D eigenvalue weighted by atomic mass is 10.0. The standard InChI is InChI=1S/C27H21NO3/c29-25(23-4-2-1-3-5-23)17-14-21-9-6-20(7-10-21)8-11-22-12-15-24(16-13-22)28-26(30)18-19-27(28)31/h1-7,9-10,12-19H,8,11H2/b17-14+. The van der Waals surface area contributed by atoms with Crippen LogP contribution >= 0.6 is 0 Å². The Hall–Kier alpha value is -4.05. The molecule has 152 valence electrons. The Morgan fingerprint density at radius 2 is 1.26 bits per heavy atom. The van der Waals surface area contributed by atoms with Crippen molar-refractivity contribution in [3.05, 3.63) is 119 Å². The van der Waals surface area contributed by atoms with Gasteiger partial charge >= 0.3 is 0 Å². The number of rotatable bonds is 7. The molecule has 1 aliphatic rings. The van der Waals surface area contributed by atoms with Crippen LogP contribution in [0.5, 0.6) is 0 Å². The zero-order chi connectivity index (χ0) is 21.6. The number of carbonyl (C=O) groups is 3. The van der Waals surface area contributed by atoms with Crippen LogP contribution in [0.25, 0.3) is 6.08 Å². The molecular formula is C27H21NO3. The molecule has 3 aromatic carbocycles. The van der Waals surface area contributed by atoms with Gasteiger partial charge in [0.05, 0.1) is 5.69 Å². The molecule has 0 saturated heterocycles. The average Bonchev–Trinajstić information content (AvgIpc) is 3.15. The molecule has 4 nitrogen and oxygen atoms in total. The summed E-state index contributed by atoms with van der Waals surface area (Å²) in [5, 5.41) is 0. The highest BCUT2D eigenvalue weighted by molar-refractivity contribution is 6.28. The number of benzene rings is 3. The fourth-order valence-corrected chi connectivity index (χ4v) is 3.42. The van der Waals surface area contributed by atoms with Crippen molar-refractivity contribution in [1.82, 2.24) is 0 Å². The van der Waals surface area contributed by atoms with Crippen molar-refractivity contribution in [3.8, 4) is 0 Å². The van der Waals surface area contributed by atoms with Crippen molar-refractivity contribution in [2.24, 2.45) is 0 Å². The Morgan fingerprint density at radius 1 is 0.710 bits per heavy atom. The lowest BCUT2D eigenvalue weighted by molar-refractivity contribution is -0.119. The number of ketones is 1. The van der Waals surface area contributed by atoms with Crippen LogP contribution < -0.4 is 4.90 Å². The van der Waals surface area contributed by atoms with E-state index in [1.807, 2.05) is 48.5 Å². The van der Waals surface area contributed by atoms with Gasteiger partial charge in [0.1, 0.15) is 0 Å². The summed E-state index contributed by atoms with van der Waals surface area (Å²) in [6.07, 6.45) is 7.71. The Balaban J connectivity index is 1.32. The summed E-state index contributed by atoms with van der Waals surface area (Å²) in [5.41, 5.74) is 4.57. The van der Waals surface area contributed by atoms with Crippen molar-refractivity contribution in [3.63, 3.8) is 0 Å². The molecule has 0 radical (unpaired) electrons. The molecule has 0 unspecified atom stereocenters. The Bertz CT molecular complexity index is 1140. The maximum absolute atomic E-state index is 12.2. The second-order valence-corrected chi connectivity index (χ2v) is 7.32.